The van der Waals surface area contributed by atoms with Crippen LogP contribution >= 0.6 is 11.3 Å². The molecule has 0 bridgehead atoms. The summed E-state index contributed by atoms with van der Waals surface area (Å²) >= 11 is 1.65. The zero-order valence-corrected chi connectivity index (χ0v) is 14.3. The number of ketones is 1. The van der Waals surface area contributed by atoms with Gasteiger partial charge in [0.1, 0.15) is 6.61 Å². The van der Waals surface area contributed by atoms with E-state index in [2.05, 4.69) is 0 Å². The summed E-state index contributed by atoms with van der Waals surface area (Å²) in [5.41, 5.74) is 0.561. The first-order valence-corrected chi connectivity index (χ1v) is 8.04. The highest BCUT2D eigenvalue weighted by Crippen LogP contribution is 2.28. The number of thiophene rings is 1. The van der Waals surface area contributed by atoms with Gasteiger partial charge in [0.05, 0.1) is 13.7 Å². The van der Waals surface area contributed by atoms with Crippen molar-refractivity contribution in [2.75, 3.05) is 27.4 Å². The van der Waals surface area contributed by atoms with Crippen LogP contribution in [0.4, 0.5) is 0 Å². The Kier molecular flexibility index (Phi) is 6.38. The van der Waals surface area contributed by atoms with Gasteiger partial charge in [-0.1, -0.05) is 0 Å². The van der Waals surface area contributed by atoms with Crippen LogP contribution in [0.15, 0.2) is 36.4 Å². The van der Waals surface area contributed by atoms with Crippen molar-refractivity contribution in [3.8, 4) is 11.5 Å². The van der Waals surface area contributed by atoms with Crippen LogP contribution in [-0.4, -0.2) is 33.2 Å². The van der Waals surface area contributed by atoms with E-state index in [1.165, 1.54) is 4.88 Å². The summed E-state index contributed by atoms with van der Waals surface area (Å²) in [6.45, 7) is 2.96. The fourth-order valence-corrected chi connectivity index (χ4v) is 2.75. The van der Waals surface area contributed by atoms with E-state index in [9.17, 15) is 4.79 Å². The van der Waals surface area contributed by atoms with Crippen LogP contribution in [0.2, 0.25) is 0 Å². The Bertz CT molecular complexity index is 688. The molecule has 122 valence electrons. The molecular formula is C18H20O4S. The molecule has 0 aliphatic rings. The molecular weight excluding hydrogens is 312 g/mol. The van der Waals surface area contributed by atoms with Gasteiger partial charge in [0.15, 0.2) is 17.3 Å². The Morgan fingerprint density at radius 3 is 2.61 bits per heavy atom. The third-order valence-corrected chi connectivity index (χ3v) is 4.12. The van der Waals surface area contributed by atoms with Crippen molar-refractivity contribution in [2.45, 2.75) is 6.92 Å². The van der Waals surface area contributed by atoms with Crippen molar-refractivity contribution in [1.82, 2.24) is 0 Å². The summed E-state index contributed by atoms with van der Waals surface area (Å²) in [6.07, 6.45) is 3.40. The predicted molar refractivity (Wildman–Crippen MR) is 92.8 cm³/mol. The molecule has 0 aliphatic heterocycles. The average molecular weight is 332 g/mol. The maximum atomic E-state index is 12.3. The van der Waals surface area contributed by atoms with Gasteiger partial charge in [-0.05, 0) is 49.4 Å². The smallest absolute Gasteiger partial charge is 0.186 e. The molecule has 23 heavy (non-hydrogen) atoms. The third kappa shape index (κ3) is 4.94. The molecule has 0 radical (unpaired) electrons. The van der Waals surface area contributed by atoms with E-state index in [1.807, 2.05) is 25.1 Å². The second-order valence-electron chi connectivity index (χ2n) is 4.85. The molecule has 0 saturated heterocycles. The number of aryl methyl sites for hydroxylation is 1. The Hall–Kier alpha value is -2.11. The topological polar surface area (TPSA) is 44.8 Å². The summed E-state index contributed by atoms with van der Waals surface area (Å²) in [6, 6.07) is 9.19. The number of hydrogen-bond donors (Lipinski definition) is 0. The fourth-order valence-electron chi connectivity index (χ4n) is 1.97. The zero-order chi connectivity index (χ0) is 16.7. The molecule has 2 aromatic rings. The van der Waals surface area contributed by atoms with Crippen LogP contribution in [-0.2, 0) is 4.74 Å². The summed E-state index contributed by atoms with van der Waals surface area (Å²) in [4.78, 5) is 14.5. The molecule has 0 fully saturated rings. The maximum Gasteiger partial charge on any atom is 0.186 e. The van der Waals surface area contributed by atoms with Gasteiger partial charge < -0.3 is 14.2 Å². The van der Waals surface area contributed by atoms with Crippen LogP contribution in [0.3, 0.4) is 0 Å². The minimum absolute atomic E-state index is 0.0715. The van der Waals surface area contributed by atoms with Crippen LogP contribution in [0.25, 0.3) is 6.08 Å². The number of rotatable bonds is 8. The first-order chi connectivity index (χ1) is 11.1. The van der Waals surface area contributed by atoms with Crippen LogP contribution in [0.5, 0.6) is 11.5 Å². The molecule has 0 saturated carbocycles. The van der Waals surface area contributed by atoms with Crippen molar-refractivity contribution in [2.24, 2.45) is 0 Å². The van der Waals surface area contributed by atoms with Gasteiger partial charge in [-0.2, -0.15) is 0 Å². The lowest BCUT2D eigenvalue weighted by Gasteiger charge is -2.11. The lowest BCUT2D eigenvalue weighted by molar-refractivity contribution is 0.104. The highest BCUT2D eigenvalue weighted by atomic mass is 32.1. The van der Waals surface area contributed by atoms with Gasteiger partial charge in [-0.3, -0.25) is 4.79 Å². The number of carbonyl (C=O) groups excluding carboxylic acids is 1. The molecule has 0 aliphatic carbocycles. The first kappa shape index (κ1) is 17.2. The summed E-state index contributed by atoms with van der Waals surface area (Å²) in [5.74, 6) is 1.06. The number of carbonyl (C=O) groups is 1. The quantitative estimate of drug-likeness (QED) is 0.416. The lowest BCUT2D eigenvalue weighted by atomic mass is 10.1. The first-order valence-electron chi connectivity index (χ1n) is 7.22. The van der Waals surface area contributed by atoms with Crippen LogP contribution < -0.4 is 9.47 Å². The standard InChI is InChI=1S/C18H20O4S/c1-13-4-6-15(23-13)7-8-16(19)14-5-9-17(18(12-14)21-3)22-11-10-20-2/h4-9,12H,10-11H2,1-3H3/b8-7+. The van der Waals surface area contributed by atoms with E-state index in [0.717, 1.165) is 4.88 Å². The summed E-state index contributed by atoms with van der Waals surface area (Å²) < 4.78 is 15.8. The van der Waals surface area contributed by atoms with Gasteiger partial charge in [0, 0.05) is 22.4 Å². The number of ether oxygens (including phenoxy) is 3. The molecule has 0 spiro atoms. The molecule has 0 N–H and O–H groups in total. The predicted octanol–water partition coefficient (Wildman–Crippen LogP) is 3.99. The largest absolute Gasteiger partial charge is 0.493 e. The molecule has 0 atom stereocenters. The second kappa shape index (κ2) is 8.50. The van der Waals surface area contributed by atoms with Crippen molar-refractivity contribution in [3.05, 3.63) is 51.7 Å². The van der Waals surface area contributed by atoms with E-state index < -0.39 is 0 Å². The van der Waals surface area contributed by atoms with Gasteiger partial charge >= 0.3 is 0 Å². The minimum atomic E-state index is -0.0715. The zero-order valence-electron chi connectivity index (χ0n) is 13.5. The normalized spacial score (nSPS) is 10.9. The number of hydrogen-bond acceptors (Lipinski definition) is 5. The fraction of sp³-hybridized carbons (Fsp3) is 0.278. The van der Waals surface area contributed by atoms with E-state index >= 15 is 0 Å². The SMILES string of the molecule is COCCOc1ccc(C(=O)/C=C/c2ccc(C)s2)cc1OC. The summed E-state index contributed by atoms with van der Waals surface area (Å²) in [5, 5.41) is 0. The molecule has 4 nitrogen and oxygen atoms in total. The Labute approximate surface area is 140 Å². The van der Waals surface area contributed by atoms with Crippen molar-refractivity contribution in [3.63, 3.8) is 0 Å². The van der Waals surface area contributed by atoms with Crippen molar-refractivity contribution >= 4 is 23.2 Å². The number of benzene rings is 1. The monoisotopic (exact) mass is 332 g/mol. The van der Waals surface area contributed by atoms with Gasteiger partial charge in [-0.15, -0.1) is 11.3 Å². The maximum absolute atomic E-state index is 12.3. The molecule has 0 amide bonds. The number of allylic oxidation sites excluding steroid dienone is 1. The number of methoxy groups -OCH3 is 2. The van der Waals surface area contributed by atoms with Gasteiger partial charge in [0.25, 0.3) is 0 Å². The van der Waals surface area contributed by atoms with E-state index in [1.54, 1.807) is 49.8 Å². The molecule has 1 aromatic heterocycles. The minimum Gasteiger partial charge on any atom is -0.493 e. The molecule has 5 heteroatoms. The molecule has 1 heterocycles. The van der Waals surface area contributed by atoms with E-state index in [0.29, 0.717) is 30.3 Å². The highest BCUT2D eigenvalue weighted by Gasteiger charge is 2.09. The van der Waals surface area contributed by atoms with Crippen LogP contribution in [0, 0.1) is 6.92 Å². The van der Waals surface area contributed by atoms with E-state index in [4.69, 9.17) is 14.2 Å². The summed E-state index contributed by atoms with van der Waals surface area (Å²) in [7, 11) is 3.17. The molecule has 2 rings (SSSR count). The van der Waals surface area contributed by atoms with Gasteiger partial charge in [0.2, 0.25) is 0 Å². The Balaban J connectivity index is 2.09. The van der Waals surface area contributed by atoms with Crippen molar-refractivity contribution in [1.29, 1.82) is 0 Å². The third-order valence-electron chi connectivity index (χ3n) is 3.15. The Morgan fingerprint density at radius 1 is 1.13 bits per heavy atom. The Morgan fingerprint density at radius 2 is 1.96 bits per heavy atom. The lowest BCUT2D eigenvalue weighted by Crippen LogP contribution is -2.06. The van der Waals surface area contributed by atoms with Gasteiger partial charge in [-0.25, -0.2) is 0 Å². The van der Waals surface area contributed by atoms with Crippen LogP contribution in [0.1, 0.15) is 20.1 Å². The van der Waals surface area contributed by atoms with Crippen molar-refractivity contribution < 1.29 is 19.0 Å². The second-order valence-corrected chi connectivity index (χ2v) is 6.17. The molecule has 0 unspecified atom stereocenters. The molecule has 1 aromatic carbocycles. The average Bonchev–Trinajstić information content (AvgIpc) is 2.98. The highest BCUT2D eigenvalue weighted by molar-refractivity contribution is 7.12. The van der Waals surface area contributed by atoms with E-state index in [-0.39, 0.29) is 5.78 Å².